The van der Waals surface area contributed by atoms with E-state index in [9.17, 15) is 5.26 Å². The molecule has 0 spiro atoms. The van der Waals surface area contributed by atoms with E-state index < -0.39 is 0 Å². The lowest BCUT2D eigenvalue weighted by Crippen LogP contribution is -2.38. The van der Waals surface area contributed by atoms with Gasteiger partial charge in [-0.1, -0.05) is 71.9 Å². The number of morpholine rings is 1. The van der Waals surface area contributed by atoms with E-state index >= 15 is 0 Å². The van der Waals surface area contributed by atoms with E-state index in [2.05, 4.69) is 69.1 Å². The molecule has 1 atom stereocenters. The number of nitrogens with zero attached hydrogens (tertiary/aromatic N) is 5. The molecule has 154 valence electrons. The van der Waals surface area contributed by atoms with Crippen LogP contribution in [0.4, 0.5) is 5.95 Å². The van der Waals surface area contributed by atoms with Crippen molar-refractivity contribution < 1.29 is 4.74 Å². The highest BCUT2D eigenvalue weighted by Crippen LogP contribution is 2.28. The Morgan fingerprint density at radius 3 is 2.47 bits per heavy atom. The van der Waals surface area contributed by atoms with Crippen LogP contribution in [0, 0.1) is 18.3 Å². The van der Waals surface area contributed by atoms with Gasteiger partial charge in [0, 0.05) is 13.1 Å². The molecule has 0 unspecified atom stereocenters. The second-order valence-electron chi connectivity index (χ2n) is 7.38. The van der Waals surface area contributed by atoms with Crippen molar-refractivity contribution in [2.24, 2.45) is 0 Å². The lowest BCUT2D eigenvalue weighted by Gasteiger charge is -2.28. The summed E-state index contributed by atoms with van der Waals surface area (Å²) >= 11 is 1.49. The normalized spacial score (nSPS) is 15.0. The second-order valence-corrected chi connectivity index (χ2v) is 8.55. The van der Waals surface area contributed by atoms with Crippen LogP contribution in [-0.4, -0.2) is 46.3 Å². The van der Waals surface area contributed by atoms with Gasteiger partial charge < -0.3 is 9.64 Å². The monoisotopic (exact) mass is 419 g/mol. The molecule has 1 aliphatic rings. The average Bonchev–Trinajstić information content (AvgIpc) is 3.18. The first kappa shape index (κ1) is 20.5. The molecule has 0 amide bonds. The van der Waals surface area contributed by atoms with Gasteiger partial charge in [-0.3, -0.25) is 4.57 Å². The molecule has 30 heavy (non-hydrogen) atoms. The van der Waals surface area contributed by atoms with Crippen molar-refractivity contribution in [2.75, 3.05) is 31.2 Å². The minimum atomic E-state index is -0.232. The molecule has 0 radical (unpaired) electrons. The Morgan fingerprint density at radius 2 is 1.77 bits per heavy atom. The van der Waals surface area contributed by atoms with Crippen molar-refractivity contribution in [3.8, 4) is 6.07 Å². The summed E-state index contributed by atoms with van der Waals surface area (Å²) in [7, 11) is 0. The third-order valence-electron chi connectivity index (χ3n) is 5.11. The van der Waals surface area contributed by atoms with Gasteiger partial charge in [0.15, 0.2) is 5.16 Å². The number of aromatic nitrogens is 3. The predicted octanol–water partition coefficient (Wildman–Crippen LogP) is 3.70. The lowest BCUT2D eigenvalue weighted by molar-refractivity contribution is 0.121. The number of nitriles is 1. The van der Waals surface area contributed by atoms with Crippen molar-refractivity contribution in [2.45, 2.75) is 30.3 Å². The highest BCUT2D eigenvalue weighted by Gasteiger charge is 2.23. The number of ether oxygens (including phenoxy) is 1. The fourth-order valence-electron chi connectivity index (χ4n) is 3.45. The molecule has 4 rings (SSSR count). The predicted molar refractivity (Wildman–Crippen MR) is 119 cm³/mol. The summed E-state index contributed by atoms with van der Waals surface area (Å²) in [5, 5.41) is 19.3. The molecule has 2 aromatic carbocycles. The second kappa shape index (κ2) is 9.79. The van der Waals surface area contributed by atoms with Crippen molar-refractivity contribution in [1.29, 1.82) is 5.26 Å². The van der Waals surface area contributed by atoms with Crippen LogP contribution in [0.25, 0.3) is 0 Å². The molecule has 1 fully saturated rings. The van der Waals surface area contributed by atoms with Gasteiger partial charge in [0.05, 0.1) is 25.8 Å². The summed E-state index contributed by atoms with van der Waals surface area (Å²) in [5.41, 5.74) is 3.56. The molecule has 3 aromatic rings. The van der Waals surface area contributed by atoms with Gasteiger partial charge in [-0.15, -0.1) is 10.2 Å². The maximum Gasteiger partial charge on any atom is 0.228 e. The van der Waals surface area contributed by atoms with Gasteiger partial charge in [0.25, 0.3) is 0 Å². The molecule has 0 bridgehead atoms. The van der Waals surface area contributed by atoms with Gasteiger partial charge in [-0.2, -0.15) is 5.26 Å². The van der Waals surface area contributed by atoms with Crippen molar-refractivity contribution in [1.82, 2.24) is 14.8 Å². The van der Waals surface area contributed by atoms with Crippen molar-refractivity contribution >= 4 is 17.7 Å². The van der Waals surface area contributed by atoms with Gasteiger partial charge in [-0.25, -0.2) is 0 Å². The van der Waals surface area contributed by atoms with E-state index in [1.165, 1.54) is 22.9 Å². The summed E-state index contributed by atoms with van der Waals surface area (Å²) in [4.78, 5) is 2.21. The molecule has 0 saturated carbocycles. The zero-order chi connectivity index (χ0) is 20.8. The Hall–Kier alpha value is -2.82. The lowest BCUT2D eigenvalue weighted by atomic mass is 10.1. The minimum Gasteiger partial charge on any atom is -0.378 e. The van der Waals surface area contributed by atoms with Gasteiger partial charge in [-0.05, 0) is 24.5 Å². The van der Waals surface area contributed by atoms with E-state index in [1.807, 2.05) is 18.2 Å². The highest BCUT2D eigenvalue weighted by molar-refractivity contribution is 8.00. The molecule has 7 heteroatoms. The number of hydrogen-bond donors (Lipinski definition) is 0. The maximum absolute atomic E-state index is 9.78. The fourth-order valence-corrected chi connectivity index (χ4v) is 4.39. The SMILES string of the molecule is Cc1ccc(C[C@@H](C#N)Sc2nnc(N3CCOCC3)n2Cc2ccccc2)cc1. The molecule has 6 nitrogen and oxygen atoms in total. The summed E-state index contributed by atoms with van der Waals surface area (Å²) in [6.45, 7) is 5.71. The number of aryl methyl sites for hydroxylation is 1. The summed E-state index contributed by atoms with van der Waals surface area (Å²) in [6, 6.07) is 21.1. The van der Waals surface area contributed by atoms with Gasteiger partial charge in [0.1, 0.15) is 5.25 Å². The van der Waals surface area contributed by atoms with Crippen LogP contribution in [0.1, 0.15) is 16.7 Å². The maximum atomic E-state index is 9.78. The molecule has 1 aromatic heterocycles. The molecule has 1 saturated heterocycles. The topological polar surface area (TPSA) is 67.0 Å². The number of hydrogen-bond acceptors (Lipinski definition) is 6. The largest absolute Gasteiger partial charge is 0.378 e. The van der Waals surface area contributed by atoms with Crippen LogP contribution >= 0.6 is 11.8 Å². The van der Waals surface area contributed by atoms with Crippen LogP contribution in [0.3, 0.4) is 0 Å². The zero-order valence-electron chi connectivity index (χ0n) is 17.1. The van der Waals surface area contributed by atoms with Crippen LogP contribution in [0.2, 0.25) is 0 Å². The smallest absolute Gasteiger partial charge is 0.228 e. The van der Waals surface area contributed by atoms with Crippen molar-refractivity contribution in [3.05, 3.63) is 71.3 Å². The number of benzene rings is 2. The Kier molecular flexibility index (Phi) is 6.67. The zero-order valence-corrected chi connectivity index (χ0v) is 17.9. The molecule has 0 N–H and O–H groups in total. The van der Waals surface area contributed by atoms with Gasteiger partial charge in [0.2, 0.25) is 5.95 Å². The number of thioether (sulfide) groups is 1. The number of rotatable bonds is 7. The first-order chi connectivity index (χ1) is 14.7. The summed E-state index contributed by atoms with van der Waals surface area (Å²) in [6.07, 6.45) is 0.673. The van der Waals surface area contributed by atoms with E-state index in [4.69, 9.17) is 4.74 Å². The Morgan fingerprint density at radius 1 is 1.03 bits per heavy atom. The highest BCUT2D eigenvalue weighted by atomic mass is 32.2. The standard InChI is InChI=1S/C23H25N5OS/c1-18-7-9-19(10-8-18)15-21(16-24)30-23-26-25-22(27-11-13-29-14-12-27)28(23)17-20-5-3-2-4-6-20/h2-10,21H,11-15,17H2,1H3/t21-/m0/s1. The quantitative estimate of drug-likeness (QED) is 0.544. The third-order valence-corrected chi connectivity index (χ3v) is 6.18. The van der Waals surface area contributed by atoms with Crippen LogP contribution in [-0.2, 0) is 17.7 Å². The van der Waals surface area contributed by atoms with Gasteiger partial charge >= 0.3 is 0 Å². The van der Waals surface area contributed by atoms with E-state index in [0.29, 0.717) is 26.2 Å². The summed E-state index contributed by atoms with van der Waals surface area (Å²) < 4.78 is 7.63. The summed E-state index contributed by atoms with van der Waals surface area (Å²) in [5.74, 6) is 0.844. The Balaban J connectivity index is 1.58. The van der Waals surface area contributed by atoms with Crippen LogP contribution in [0.15, 0.2) is 59.8 Å². The molecule has 2 heterocycles. The van der Waals surface area contributed by atoms with E-state index in [0.717, 1.165) is 29.8 Å². The van der Waals surface area contributed by atoms with E-state index in [1.54, 1.807) is 0 Å². The molecular weight excluding hydrogens is 394 g/mol. The number of anilines is 1. The first-order valence-corrected chi connectivity index (χ1v) is 11.0. The Labute approximate surface area is 181 Å². The minimum absolute atomic E-state index is 0.232. The molecule has 1 aliphatic heterocycles. The molecular formula is C23H25N5OS. The average molecular weight is 420 g/mol. The Bertz CT molecular complexity index is 991. The van der Waals surface area contributed by atoms with Crippen LogP contribution < -0.4 is 4.90 Å². The third kappa shape index (κ3) is 5.02. The molecule has 0 aliphatic carbocycles. The van der Waals surface area contributed by atoms with E-state index in [-0.39, 0.29) is 5.25 Å². The van der Waals surface area contributed by atoms with Crippen LogP contribution in [0.5, 0.6) is 0 Å². The van der Waals surface area contributed by atoms with Crippen molar-refractivity contribution in [3.63, 3.8) is 0 Å². The fraction of sp³-hybridized carbons (Fsp3) is 0.348. The first-order valence-electron chi connectivity index (χ1n) is 10.1.